The van der Waals surface area contributed by atoms with Gasteiger partial charge in [-0.25, -0.2) is 0 Å². The van der Waals surface area contributed by atoms with E-state index in [0.29, 0.717) is 5.92 Å². The fourth-order valence-corrected chi connectivity index (χ4v) is 13.7. The zero-order valence-electron chi connectivity index (χ0n) is 40.6. The number of para-hydroxylation sites is 1. The maximum absolute atomic E-state index is 7.78. The molecule has 3 nitrogen and oxygen atoms in total. The molecule has 14 rings (SSSR count). The quantitative estimate of drug-likeness (QED) is 0.161. The molecule has 2 aliphatic heterocycles. The number of rotatable bonds is 5. The van der Waals surface area contributed by atoms with Crippen LogP contribution in [0.25, 0.3) is 76.9 Å². The van der Waals surface area contributed by atoms with E-state index in [0.717, 1.165) is 36.9 Å². The van der Waals surface area contributed by atoms with Crippen molar-refractivity contribution in [1.82, 2.24) is 4.48 Å². The number of anilines is 3. The lowest BCUT2D eigenvalue weighted by molar-refractivity contribution is 0.332. The number of furan rings is 1. The Labute approximate surface area is 400 Å². The molecule has 2 aliphatic carbocycles. The van der Waals surface area contributed by atoms with Crippen LogP contribution >= 0.6 is 0 Å². The fourth-order valence-electron chi connectivity index (χ4n) is 13.7. The molecule has 68 heavy (non-hydrogen) atoms. The van der Waals surface area contributed by atoms with Gasteiger partial charge in [-0.05, 0) is 145 Å². The number of hydrogen-bond donors (Lipinski definition) is 0. The summed E-state index contributed by atoms with van der Waals surface area (Å²) >= 11 is 0. The standard InChI is InChI=1S/C64H57BN2O/c1-9-18-37(2)39-27-28-53(45(31-39)38-19-11-10-12-20-38)66-59-49-35-51-52(63(5,6)30-29-62(51,3)4)36-55(49)68-61(59)65-57-48(34-47-42-23-15-16-26-50(42)64(7,8)56(47)60(57)66)44-25-17-24-43-46-32-40-21-13-14-22-41(40)33-54(46)67(65)58(43)44/h10-17,19-28,31-37H,9,18,29-30H2,1-8H3/t37-/m0/s1. The lowest BCUT2D eigenvalue weighted by Crippen LogP contribution is -2.56. The van der Waals surface area contributed by atoms with Gasteiger partial charge in [-0.1, -0.05) is 165 Å². The van der Waals surface area contributed by atoms with E-state index in [2.05, 4.69) is 210 Å². The van der Waals surface area contributed by atoms with Crippen LogP contribution in [0.1, 0.15) is 115 Å². The third-order valence-corrected chi connectivity index (χ3v) is 17.4. The monoisotopic (exact) mass is 880 g/mol. The second kappa shape index (κ2) is 13.7. The minimum atomic E-state index is -0.301. The van der Waals surface area contributed by atoms with Gasteiger partial charge in [0.05, 0.1) is 11.4 Å². The molecule has 4 aliphatic rings. The molecule has 4 heteroatoms. The maximum Gasteiger partial charge on any atom is 0.375 e. The first-order valence-electron chi connectivity index (χ1n) is 25.2. The van der Waals surface area contributed by atoms with Crippen LogP contribution in [0.15, 0.2) is 150 Å². The fraction of sp³-hybridized carbons (Fsp3) is 0.250. The lowest BCUT2D eigenvalue weighted by Gasteiger charge is -2.43. The van der Waals surface area contributed by atoms with Gasteiger partial charge in [-0.2, -0.15) is 0 Å². The van der Waals surface area contributed by atoms with E-state index in [1.54, 1.807) is 0 Å². The first-order valence-corrected chi connectivity index (χ1v) is 25.2. The summed E-state index contributed by atoms with van der Waals surface area (Å²) < 4.78 is 10.5. The molecule has 0 bridgehead atoms. The van der Waals surface area contributed by atoms with Gasteiger partial charge in [0.15, 0.2) is 0 Å². The van der Waals surface area contributed by atoms with Gasteiger partial charge in [0.1, 0.15) is 11.2 Å². The smallest absolute Gasteiger partial charge is 0.375 e. The van der Waals surface area contributed by atoms with E-state index in [4.69, 9.17) is 4.42 Å². The molecule has 10 aromatic rings. The Morgan fingerprint density at radius 3 is 2.07 bits per heavy atom. The summed E-state index contributed by atoms with van der Waals surface area (Å²) in [6.07, 6.45) is 4.58. The largest absolute Gasteiger partial charge is 0.466 e. The Hall–Kier alpha value is -6.78. The highest BCUT2D eigenvalue weighted by Crippen LogP contribution is 2.59. The molecule has 0 radical (unpaired) electrons. The van der Waals surface area contributed by atoms with Crippen molar-refractivity contribution in [1.29, 1.82) is 0 Å². The summed E-state index contributed by atoms with van der Waals surface area (Å²) in [5.41, 5.74) is 24.0. The molecule has 332 valence electrons. The average Bonchev–Trinajstić information content (AvgIpc) is 3.96. The number of hydrogen-bond acceptors (Lipinski definition) is 2. The van der Waals surface area contributed by atoms with E-state index in [9.17, 15) is 0 Å². The van der Waals surface area contributed by atoms with Gasteiger partial charge in [-0.15, -0.1) is 0 Å². The highest BCUT2D eigenvalue weighted by molar-refractivity contribution is 6.89. The van der Waals surface area contributed by atoms with E-state index in [1.165, 1.54) is 122 Å². The number of fused-ring (bicyclic) bond motifs is 15. The second-order valence-corrected chi connectivity index (χ2v) is 22.6. The zero-order chi connectivity index (χ0) is 46.2. The van der Waals surface area contributed by atoms with Crippen LogP contribution < -0.4 is 16.0 Å². The first-order chi connectivity index (χ1) is 32.9. The van der Waals surface area contributed by atoms with Crippen molar-refractivity contribution in [2.45, 2.75) is 103 Å². The Morgan fingerprint density at radius 2 is 1.29 bits per heavy atom. The van der Waals surface area contributed by atoms with E-state index in [-0.39, 0.29) is 23.1 Å². The molecule has 0 unspecified atom stereocenters. The van der Waals surface area contributed by atoms with Crippen LogP contribution in [0, 0.1) is 0 Å². The summed E-state index contributed by atoms with van der Waals surface area (Å²) in [5, 5.41) is 6.29. The topological polar surface area (TPSA) is 21.3 Å². The average molecular weight is 881 g/mol. The minimum absolute atomic E-state index is 0.0124. The highest BCUT2D eigenvalue weighted by Gasteiger charge is 2.52. The van der Waals surface area contributed by atoms with Crippen LogP contribution in [0.4, 0.5) is 17.1 Å². The van der Waals surface area contributed by atoms with Crippen molar-refractivity contribution < 1.29 is 4.42 Å². The molecule has 0 saturated heterocycles. The Balaban J connectivity index is 1.20. The summed E-state index contributed by atoms with van der Waals surface area (Å²) in [4.78, 5) is 2.72. The van der Waals surface area contributed by atoms with Gasteiger partial charge in [-0.3, -0.25) is 0 Å². The number of aromatic nitrogens is 1. The maximum atomic E-state index is 7.78. The van der Waals surface area contributed by atoms with Gasteiger partial charge >= 0.3 is 6.85 Å². The summed E-state index contributed by atoms with van der Waals surface area (Å²) in [6, 6.07) is 56.2. The van der Waals surface area contributed by atoms with E-state index >= 15 is 0 Å². The van der Waals surface area contributed by atoms with Crippen molar-refractivity contribution in [2.24, 2.45) is 0 Å². The minimum Gasteiger partial charge on any atom is -0.466 e. The normalized spacial score (nSPS) is 17.1. The third kappa shape index (κ3) is 5.21. The van der Waals surface area contributed by atoms with Crippen LogP contribution in [-0.2, 0) is 16.2 Å². The lowest BCUT2D eigenvalue weighted by atomic mass is 9.47. The Kier molecular flexibility index (Phi) is 8.11. The van der Waals surface area contributed by atoms with Crippen LogP contribution in [0.5, 0.6) is 0 Å². The van der Waals surface area contributed by atoms with Crippen LogP contribution in [0.3, 0.4) is 0 Å². The van der Waals surface area contributed by atoms with Gasteiger partial charge in [0.2, 0.25) is 0 Å². The highest BCUT2D eigenvalue weighted by atomic mass is 16.3. The molecular formula is C64H57BN2O. The van der Waals surface area contributed by atoms with Crippen molar-refractivity contribution in [2.75, 3.05) is 4.90 Å². The van der Waals surface area contributed by atoms with Crippen molar-refractivity contribution in [3.8, 4) is 33.4 Å². The number of benzene rings is 8. The van der Waals surface area contributed by atoms with Gasteiger partial charge < -0.3 is 13.8 Å². The molecule has 0 fully saturated rings. The zero-order valence-corrected chi connectivity index (χ0v) is 40.6. The predicted octanol–water partition coefficient (Wildman–Crippen LogP) is 16.3. The van der Waals surface area contributed by atoms with Crippen molar-refractivity contribution in [3.63, 3.8) is 0 Å². The first kappa shape index (κ1) is 40.3. The van der Waals surface area contributed by atoms with Crippen LogP contribution in [-0.4, -0.2) is 11.3 Å². The van der Waals surface area contributed by atoms with Gasteiger partial charge in [0.25, 0.3) is 0 Å². The third-order valence-electron chi connectivity index (χ3n) is 17.4. The molecule has 2 aromatic heterocycles. The number of nitrogens with zero attached hydrogens (tertiary/aromatic N) is 2. The van der Waals surface area contributed by atoms with Crippen molar-refractivity contribution >= 4 is 78.6 Å². The van der Waals surface area contributed by atoms with Gasteiger partial charge in [0, 0.05) is 49.4 Å². The molecule has 0 saturated carbocycles. The summed E-state index contributed by atoms with van der Waals surface area (Å²) in [6.45, 7) is 19.2. The second-order valence-electron chi connectivity index (χ2n) is 22.6. The summed E-state index contributed by atoms with van der Waals surface area (Å²) in [7, 11) is 0. The molecular weight excluding hydrogens is 824 g/mol. The Bertz CT molecular complexity index is 3820. The van der Waals surface area contributed by atoms with E-state index in [1.807, 2.05) is 0 Å². The molecule has 1 atom stereocenters. The molecule has 8 aromatic carbocycles. The molecule has 0 spiro atoms. The van der Waals surface area contributed by atoms with E-state index < -0.39 is 0 Å². The molecule has 0 amide bonds. The predicted molar refractivity (Wildman–Crippen MR) is 289 cm³/mol. The molecule has 4 heterocycles. The SMILES string of the molecule is CCC[C@H](C)c1ccc(N2c3c4c(cc5c3C(C)(C)c3ccccc3-5)-c3cccc5c6cc7ccccc7cc6n(c35)B4c3oc4cc5c(cc4c32)C(C)(C)CCC5(C)C)c(-c2ccccc2)c1. The van der Waals surface area contributed by atoms with Crippen LogP contribution in [0.2, 0.25) is 0 Å². The van der Waals surface area contributed by atoms with Crippen molar-refractivity contribution in [3.05, 3.63) is 173 Å². The molecule has 0 N–H and O–H groups in total. The summed E-state index contributed by atoms with van der Waals surface area (Å²) in [5.74, 6) is 0.434. The Morgan fingerprint density at radius 1 is 0.588 bits per heavy atom.